The minimum Gasteiger partial charge on any atom is -0.314 e. The van der Waals surface area contributed by atoms with Crippen molar-refractivity contribution in [3.63, 3.8) is 0 Å². The normalized spacial score (nSPS) is 24.6. The monoisotopic (exact) mass is 307 g/mol. The molecule has 4 heteroatoms. The summed E-state index contributed by atoms with van der Waals surface area (Å²) in [5.74, 6) is 0. The highest BCUT2D eigenvalue weighted by Gasteiger charge is 2.28. The molecule has 1 N–H and O–H groups in total. The minimum absolute atomic E-state index is 0.736. The van der Waals surface area contributed by atoms with Crippen LogP contribution in [-0.2, 0) is 13.0 Å². The Kier molecular flexibility index (Phi) is 5.17. The van der Waals surface area contributed by atoms with Gasteiger partial charge >= 0.3 is 0 Å². The third kappa shape index (κ3) is 3.59. The van der Waals surface area contributed by atoms with Gasteiger partial charge in [-0.25, -0.2) is 0 Å². The van der Waals surface area contributed by atoms with Crippen molar-refractivity contribution in [1.29, 1.82) is 0 Å². The van der Waals surface area contributed by atoms with Crippen LogP contribution in [0, 0.1) is 0 Å². The average Bonchev–Trinajstić information content (AvgIpc) is 2.99. The first-order valence-corrected chi connectivity index (χ1v) is 8.59. The summed E-state index contributed by atoms with van der Waals surface area (Å²) >= 11 is 6.43. The van der Waals surface area contributed by atoms with Crippen LogP contribution in [0.15, 0.2) is 18.2 Å². The van der Waals surface area contributed by atoms with Crippen molar-refractivity contribution in [2.45, 2.75) is 32.4 Å². The van der Waals surface area contributed by atoms with E-state index in [1.807, 2.05) is 6.07 Å². The van der Waals surface area contributed by atoms with Crippen molar-refractivity contribution in [2.75, 3.05) is 39.3 Å². The Labute approximate surface area is 133 Å². The molecule has 0 radical (unpaired) electrons. The van der Waals surface area contributed by atoms with Crippen molar-refractivity contribution in [3.05, 3.63) is 34.3 Å². The third-order valence-corrected chi connectivity index (χ3v) is 5.25. The summed E-state index contributed by atoms with van der Waals surface area (Å²) in [6, 6.07) is 7.04. The predicted octanol–water partition coefficient (Wildman–Crippen LogP) is 2.38. The Hall–Kier alpha value is -0.610. The Bertz CT molecular complexity index is 471. The molecule has 0 aliphatic carbocycles. The van der Waals surface area contributed by atoms with Crippen molar-refractivity contribution in [2.24, 2.45) is 0 Å². The van der Waals surface area contributed by atoms with Gasteiger partial charge in [0.15, 0.2) is 0 Å². The van der Waals surface area contributed by atoms with Crippen molar-refractivity contribution >= 4 is 11.6 Å². The van der Waals surface area contributed by atoms with Crippen LogP contribution in [0.4, 0.5) is 0 Å². The van der Waals surface area contributed by atoms with Crippen LogP contribution in [-0.4, -0.2) is 55.1 Å². The van der Waals surface area contributed by atoms with E-state index in [0.717, 1.165) is 37.1 Å². The Morgan fingerprint density at radius 1 is 1.24 bits per heavy atom. The summed E-state index contributed by atoms with van der Waals surface area (Å²) < 4.78 is 0. The molecule has 1 aromatic carbocycles. The molecule has 116 valence electrons. The molecule has 1 unspecified atom stereocenters. The van der Waals surface area contributed by atoms with E-state index in [4.69, 9.17) is 11.6 Å². The molecule has 2 aliphatic rings. The molecule has 3 rings (SSSR count). The number of nitrogens with zero attached hydrogens (tertiary/aromatic N) is 2. The predicted molar refractivity (Wildman–Crippen MR) is 89.0 cm³/mol. The number of hydrogen-bond acceptors (Lipinski definition) is 3. The number of benzene rings is 1. The van der Waals surface area contributed by atoms with Crippen LogP contribution in [0.25, 0.3) is 0 Å². The molecule has 2 heterocycles. The lowest BCUT2D eigenvalue weighted by atomic mass is 10.0. The SMILES string of the molecule is CCc1cccc(Cl)c1CN1CCC(N2CCNCC2)C1. The van der Waals surface area contributed by atoms with Gasteiger partial charge in [-0.15, -0.1) is 0 Å². The summed E-state index contributed by atoms with van der Waals surface area (Å²) in [6.45, 7) is 10.3. The molecule has 1 aromatic rings. The highest BCUT2D eigenvalue weighted by Crippen LogP contribution is 2.25. The number of piperazine rings is 1. The molecule has 21 heavy (non-hydrogen) atoms. The first-order valence-electron chi connectivity index (χ1n) is 8.21. The van der Waals surface area contributed by atoms with E-state index in [0.29, 0.717) is 0 Å². The molecule has 0 spiro atoms. The Morgan fingerprint density at radius 2 is 2.05 bits per heavy atom. The van der Waals surface area contributed by atoms with E-state index in [1.54, 1.807) is 0 Å². The number of aryl methyl sites for hydroxylation is 1. The summed E-state index contributed by atoms with van der Waals surface area (Å²) in [6.07, 6.45) is 2.36. The third-order valence-electron chi connectivity index (χ3n) is 4.89. The molecule has 0 amide bonds. The number of nitrogens with one attached hydrogen (secondary N) is 1. The second-order valence-corrected chi connectivity index (χ2v) is 6.60. The minimum atomic E-state index is 0.736. The fraction of sp³-hybridized carbons (Fsp3) is 0.647. The van der Waals surface area contributed by atoms with Gasteiger partial charge in [-0.1, -0.05) is 30.7 Å². The Balaban J connectivity index is 1.62. The van der Waals surface area contributed by atoms with Gasteiger partial charge in [0.05, 0.1) is 0 Å². The number of hydrogen-bond donors (Lipinski definition) is 1. The van der Waals surface area contributed by atoms with Gasteiger partial charge in [-0.2, -0.15) is 0 Å². The maximum absolute atomic E-state index is 6.43. The first-order chi connectivity index (χ1) is 10.3. The van der Waals surface area contributed by atoms with Gasteiger partial charge in [-0.05, 0) is 30.0 Å². The number of halogens is 1. The zero-order chi connectivity index (χ0) is 14.7. The summed E-state index contributed by atoms with van der Waals surface area (Å²) in [7, 11) is 0. The van der Waals surface area contributed by atoms with Gasteiger partial charge in [0, 0.05) is 56.9 Å². The summed E-state index contributed by atoms with van der Waals surface area (Å²) in [5.41, 5.74) is 2.73. The first kappa shape index (κ1) is 15.3. The second kappa shape index (κ2) is 7.10. The highest BCUT2D eigenvalue weighted by molar-refractivity contribution is 6.31. The van der Waals surface area contributed by atoms with E-state index >= 15 is 0 Å². The lowest BCUT2D eigenvalue weighted by Gasteiger charge is -2.32. The maximum Gasteiger partial charge on any atom is 0.0453 e. The van der Waals surface area contributed by atoms with Gasteiger partial charge in [-0.3, -0.25) is 9.80 Å². The molecule has 0 bridgehead atoms. The lowest BCUT2D eigenvalue weighted by Crippen LogP contribution is -2.49. The molecular formula is C17H26ClN3. The number of rotatable bonds is 4. The zero-order valence-electron chi connectivity index (χ0n) is 12.9. The number of likely N-dealkylation sites (tertiary alicyclic amines) is 1. The maximum atomic E-state index is 6.43. The lowest BCUT2D eigenvalue weighted by molar-refractivity contribution is 0.170. The second-order valence-electron chi connectivity index (χ2n) is 6.19. The largest absolute Gasteiger partial charge is 0.314 e. The van der Waals surface area contributed by atoms with Crippen molar-refractivity contribution in [3.8, 4) is 0 Å². The van der Waals surface area contributed by atoms with Crippen LogP contribution in [0.5, 0.6) is 0 Å². The molecule has 1 atom stereocenters. The van der Waals surface area contributed by atoms with Gasteiger partial charge < -0.3 is 5.32 Å². The standard InChI is InChI=1S/C17H26ClN3/c1-2-14-4-3-5-17(18)16(14)13-20-9-6-15(12-20)21-10-7-19-8-11-21/h3-5,15,19H,2,6-13H2,1H3. The topological polar surface area (TPSA) is 18.5 Å². The van der Waals surface area contributed by atoms with E-state index in [-0.39, 0.29) is 0 Å². The van der Waals surface area contributed by atoms with Gasteiger partial charge in [0.25, 0.3) is 0 Å². The van der Waals surface area contributed by atoms with E-state index < -0.39 is 0 Å². The van der Waals surface area contributed by atoms with Gasteiger partial charge in [0.2, 0.25) is 0 Å². The molecule has 0 aromatic heterocycles. The molecule has 2 fully saturated rings. The molecular weight excluding hydrogens is 282 g/mol. The molecule has 2 saturated heterocycles. The van der Waals surface area contributed by atoms with Gasteiger partial charge in [0.1, 0.15) is 0 Å². The van der Waals surface area contributed by atoms with E-state index in [9.17, 15) is 0 Å². The fourth-order valence-corrected chi connectivity index (χ4v) is 3.89. The van der Waals surface area contributed by atoms with Crippen LogP contribution in [0.1, 0.15) is 24.5 Å². The quantitative estimate of drug-likeness (QED) is 0.921. The van der Waals surface area contributed by atoms with Crippen LogP contribution >= 0.6 is 11.6 Å². The summed E-state index contributed by atoms with van der Waals surface area (Å²) in [5, 5.41) is 4.37. The Morgan fingerprint density at radius 3 is 2.81 bits per heavy atom. The van der Waals surface area contributed by atoms with Crippen molar-refractivity contribution < 1.29 is 0 Å². The van der Waals surface area contributed by atoms with Crippen molar-refractivity contribution in [1.82, 2.24) is 15.1 Å². The van der Waals surface area contributed by atoms with E-state index in [1.165, 1.54) is 43.7 Å². The molecule has 3 nitrogen and oxygen atoms in total. The fourth-order valence-electron chi connectivity index (χ4n) is 3.64. The zero-order valence-corrected chi connectivity index (χ0v) is 13.7. The van der Waals surface area contributed by atoms with E-state index in [2.05, 4.69) is 34.2 Å². The van der Waals surface area contributed by atoms with Crippen LogP contribution in [0.3, 0.4) is 0 Å². The van der Waals surface area contributed by atoms with Crippen LogP contribution in [0.2, 0.25) is 5.02 Å². The molecule has 2 aliphatic heterocycles. The van der Waals surface area contributed by atoms with Crippen LogP contribution < -0.4 is 5.32 Å². The average molecular weight is 308 g/mol. The summed E-state index contributed by atoms with van der Waals surface area (Å²) in [4.78, 5) is 5.23. The highest BCUT2D eigenvalue weighted by atomic mass is 35.5. The smallest absolute Gasteiger partial charge is 0.0453 e. The molecule has 0 saturated carbocycles.